The third-order valence-electron chi connectivity index (χ3n) is 5.33. The molecule has 1 atom stereocenters. The summed E-state index contributed by atoms with van der Waals surface area (Å²) in [5.41, 5.74) is 2.14. The van der Waals surface area contributed by atoms with Gasteiger partial charge in [-0.2, -0.15) is 0 Å². The molecule has 0 N–H and O–H groups in total. The zero-order valence-electron chi connectivity index (χ0n) is 17.1. The highest BCUT2D eigenvalue weighted by atomic mass is 35.5. The van der Waals surface area contributed by atoms with Gasteiger partial charge >= 0.3 is 0 Å². The Kier molecular flexibility index (Phi) is 6.54. The van der Waals surface area contributed by atoms with E-state index in [0.717, 1.165) is 18.4 Å². The minimum Gasteiger partial charge on any atom is -0.341 e. The van der Waals surface area contributed by atoms with Crippen LogP contribution in [-0.2, 0) is 14.8 Å². The van der Waals surface area contributed by atoms with Crippen LogP contribution in [0, 0.1) is 19.8 Å². The quantitative estimate of drug-likeness (QED) is 0.700. The highest BCUT2D eigenvalue weighted by Crippen LogP contribution is 2.29. The Morgan fingerprint density at radius 3 is 2.48 bits per heavy atom. The highest BCUT2D eigenvalue weighted by molar-refractivity contribution is 7.92. The van der Waals surface area contributed by atoms with Crippen LogP contribution in [0.25, 0.3) is 0 Å². The lowest BCUT2D eigenvalue weighted by molar-refractivity contribution is -0.131. The molecule has 1 aliphatic rings. The van der Waals surface area contributed by atoms with Gasteiger partial charge in [0.2, 0.25) is 5.91 Å². The number of hydrogen-bond donors (Lipinski definition) is 0. The van der Waals surface area contributed by atoms with E-state index in [0.29, 0.717) is 35.3 Å². The van der Waals surface area contributed by atoms with Crippen LogP contribution in [0.2, 0.25) is 5.02 Å². The molecule has 2 aromatic carbocycles. The number of sulfonamides is 1. The first-order chi connectivity index (χ1) is 13.7. The van der Waals surface area contributed by atoms with E-state index < -0.39 is 10.0 Å². The molecule has 0 saturated carbocycles. The van der Waals surface area contributed by atoms with E-state index in [4.69, 9.17) is 11.6 Å². The summed E-state index contributed by atoms with van der Waals surface area (Å²) < 4.78 is 28.2. The van der Waals surface area contributed by atoms with E-state index in [9.17, 15) is 13.2 Å². The smallest absolute Gasteiger partial charge is 0.264 e. The minimum atomic E-state index is -3.91. The van der Waals surface area contributed by atoms with Gasteiger partial charge in [0.1, 0.15) is 6.54 Å². The Bertz CT molecular complexity index is 990. The Labute approximate surface area is 178 Å². The van der Waals surface area contributed by atoms with Crippen molar-refractivity contribution in [2.24, 2.45) is 5.92 Å². The average molecular weight is 435 g/mol. The van der Waals surface area contributed by atoms with Crippen LogP contribution in [0.4, 0.5) is 5.69 Å². The molecule has 0 radical (unpaired) electrons. The van der Waals surface area contributed by atoms with E-state index in [1.807, 2.05) is 6.92 Å². The van der Waals surface area contributed by atoms with Crippen LogP contribution in [0.15, 0.2) is 47.4 Å². The number of likely N-dealkylation sites (tertiary alicyclic amines) is 1. The lowest BCUT2D eigenvalue weighted by atomic mass is 10.0. The second-order valence-electron chi connectivity index (χ2n) is 7.84. The van der Waals surface area contributed by atoms with Gasteiger partial charge in [-0.1, -0.05) is 36.2 Å². The van der Waals surface area contributed by atoms with Gasteiger partial charge in [-0.25, -0.2) is 8.42 Å². The van der Waals surface area contributed by atoms with Crippen molar-refractivity contribution < 1.29 is 13.2 Å². The Hall–Kier alpha value is -2.05. The van der Waals surface area contributed by atoms with Crippen molar-refractivity contribution >= 4 is 33.2 Å². The average Bonchev–Trinajstić information content (AvgIpc) is 2.67. The molecule has 1 amide bonds. The molecule has 3 rings (SSSR count). The number of anilines is 1. The molecule has 1 saturated heterocycles. The van der Waals surface area contributed by atoms with E-state index in [-0.39, 0.29) is 17.3 Å². The summed E-state index contributed by atoms with van der Waals surface area (Å²) in [5, 5.41) is 0.523. The fourth-order valence-corrected chi connectivity index (χ4v) is 5.38. The summed E-state index contributed by atoms with van der Waals surface area (Å²) in [5.74, 6) is 0.244. The molecule has 1 aliphatic heterocycles. The molecular weight excluding hydrogens is 408 g/mol. The van der Waals surface area contributed by atoms with Crippen molar-refractivity contribution in [3.8, 4) is 0 Å². The van der Waals surface area contributed by atoms with E-state index in [1.54, 1.807) is 54.3 Å². The summed E-state index contributed by atoms with van der Waals surface area (Å²) in [7, 11) is -3.91. The largest absolute Gasteiger partial charge is 0.341 e. The normalized spacial score (nSPS) is 17.2. The number of benzene rings is 2. The number of hydrogen-bond acceptors (Lipinski definition) is 3. The molecule has 0 aliphatic carbocycles. The number of nitrogens with zero attached hydrogens (tertiary/aromatic N) is 2. The maximum absolute atomic E-state index is 13.5. The number of halogens is 1. The minimum absolute atomic E-state index is 0.164. The molecular formula is C22H27ClN2O3S. The van der Waals surface area contributed by atoms with Gasteiger partial charge in [0, 0.05) is 18.1 Å². The van der Waals surface area contributed by atoms with Crippen LogP contribution in [-0.4, -0.2) is 38.9 Å². The molecule has 0 unspecified atom stereocenters. The highest BCUT2D eigenvalue weighted by Gasteiger charge is 2.31. The monoisotopic (exact) mass is 434 g/mol. The van der Waals surface area contributed by atoms with Gasteiger partial charge in [-0.15, -0.1) is 0 Å². The van der Waals surface area contributed by atoms with Gasteiger partial charge in [-0.05, 0) is 68.5 Å². The Morgan fingerprint density at radius 1 is 1.17 bits per heavy atom. The summed E-state index contributed by atoms with van der Waals surface area (Å²) >= 11 is 6.07. The number of amides is 1. The number of aryl methyl sites for hydroxylation is 2. The molecule has 2 aromatic rings. The second kappa shape index (κ2) is 8.76. The van der Waals surface area contributed by atoms with Crippen LogP contribution >= 0.6 is 11.6 Å². The fourth-order valence-electron chi connectivity index (χ4n) is 3.67. The summed E-state index contributed by atoms with van der Waals surface area (Å²) in [4.78, 5) is 15.0. The molecule has 1 heterocycles. The number of carbonyl (C=O) groups is 1. The van der Waals surface area contributed by atoms with Gasteiger partial charge in [0.05, 0.1) is 10.6 Å². The lowest BCUT2D eigenvalue weighted by Gasteiger charge is -2.33. The predicted molar refractivity (Wildman–Crippen MR) is 117 cm³/mol. The molecule has 0 aromatic heterocycles. The van der Waals surface area contributed by atoms with Gasteiger partial charge < -0.3 is 4.90 Å². The zero-order chi connectivity index (χ0) is 21.2. The molecule has 29 heavy (non-hydrogen) atoms. The van der Waals surface area contributed by atoms with Crippen molar-refractivity contribution in [2.45, 2.75) is 38.5 Å². The molecule has 156 valence electrons. The summed E-state index contributed by atoms with van der Waals surface area (Å²) in [6.45, 7) is 6.91. The van der Waals surface area contributed by atoms with Crippen LogP contribution < -0.4 is 4.31 Å². The summed E-state index contributed by atoms with van der Waals surface area (Å²) in [6, 6.07) is 11.7. The predicted octanol–water partition coefficient (Wildman–Crippen LogP) is 4.41. The second-order valence-corrected chi connectivity index (χ2v) is 10.1. The number of rotatable bonds is 5. The van der Waals surface area contributed by atoms with E-state index in [2.05, 4.69) is 6.92 Å². The zero-order valence-corrected chi connectivity index (χ0v) is 18.6. The summed E-state index contributed by atoms with van der Waals surface area (Å²) in [6.07, 6.45) is 2.03. The molecule has 1 fully saturated rings. The topological polar surface area (TPSA) is 57.7 Å². The van der Waals surface area contributed by atoms with Gasteiger partial charge in [-0.3, -0.25) is 9.10 Å². The Morgan fingerprint density at radius 2 is 1.86 bits per heavy atom. The van der Waals surface area contributed by atoms with Crippen molar-refractivity contribution in [3.05, 3.63) is 58.6 Å². The third kappa shape index (κ3) is 4.93. The molecule has 7 heteroatoms. The first-order valence-corrected chi connectivity index (χ1v) is 11.6. The van der Waals surface area contributed by atoms with Crippen molar-refractivity contribution in [1.29, 1.82) is 0 Å². The standard InChI is InChI=1S/C22H27ClN2O3S/c1-16-6-9-20(10-7-16)29(27,28)25(21-11-8-19(23)13-18(21)3)15-22(26)24-12-4-5-17(2)14-24/h6-11,13,17H,4-5,12,14-15H2,1-3H3/t17-/m0/s1. The van der Waals surface area contributed by atoms with Crippen LogP contribution in [0.3, 0.4) is 0 Å². The fraction of sp³-hybridized carbons (Fsp3) is 0.409. The van der Waals surface area contributed by atoms with E-state index in [1.165, 1.54) is 4.31 Å². The molecule has 0 bridgehead atoms. The van der Waals surface area contributed by atoms with E-state index >= 15 is 0 Å². The maximum Gasteiger partial charge on any atom is 0.264 e. The first-order valence-electron chi connectivity index (χ1n) is 9.82. The molecule has 0 spiro atoms. The van der Waals surface area contributed by atoms with Crippen molar-refractivity contribution in [3.63, 3.8) is 0 Å². The van der Waals surface area contributed by atoms with Crippen molar-refractivity contribution in [1.82, 2.24) is 4.90 Å². The van der Waals surface area contributed by atoms with Crippen LogP contribution in [0.1, 0.15) is 30.9 Å². The van der Waals surface area contributed by atoms with Gasteiger partial charge in [0.15, 0.2) is 0 Å². The van der Waals surface area contributed by atoms with Gasteiger partial charge in [0.25, 0.3) is 10.0 Å². The Balaban J connectivity index is 1.99. The number of carbonyl (C=O) groups excluding carboxylic acids is 1. The first kappa shape index (κ1) is 21.7. The molecule has 5 nitrogen and oxygen atoms in total. The third-order valence-corrected chi connectivity index (χ3v) is 7.33. The maximum atomic E-state index is 13.5. The lowest BCUT2D eigenvalue weighted by Crippen LogP contribution is -2.46. The number of piperidine rings is 1. The SMILES string of the molecule is Cc1ccc(S(=O)(=O)N(CC(=O)N2CCC[C@H](C)C2)c2ccc(Cl)cc2C)cc1. The van der Waals surface area contributed by atoms with Crippen molar-refractivity contribution in [2.75, 3.05) is 23.9 Å². The van der Waals surface area contributed by atoms with Crippen LogP contribution in [0.5, 0.6) is 0 Å².